The first-order valence-corrected chi connectivity index (χ1v) is 7.55. The Balaban J connectivity index is 2.20. The summed E-state index contributed by atoms with van der Waals surface area (Å²) in [6.07, 6.45) is 7.35. The van der Waals surface area contributed by atoms with Gasteiger partial charge < -0.3 is 5.01 Å². The Morgan fingerprint density at radius 2 is 2.30 bits per heavy atom. The first kappa shape index (κ1) is 13.3. The molecule has 0 unspecified atom stereocenters. The second-order valence-electron chi connectivity index (χ2n) is 4.38. The lowest BCUT2D eigenvalue weighted by atomic mass is 10.1. The summed E-state index contributed by atoms with van der Waals surface area (Å²) < 4.78 is 3.05. The van der Waals surface area contributed by atoms with Crippen molar-refractivity contribution in [3.63, 3.8) is 0 Å². The summed E-state index contributed by atoms with van der Waals surface area (Å²) in [4.78, 5) is 9.72. The Bertz CT molecular complexity index is 760. The molecule has 3 aromatic rings. The lowest BCUT2D eigenvalue weighted by Gasteiger charge is -2.09. The number of hydrazone groups is 1. The van der Waals surface area contributed by atoms with E-state index in [4.69, 9.17) is 0 Å². The average Bonchev–Trinajstić information content (AvgIpc) is 2.96. The van der Waals surface area contributed by atoms with E-state index in [0.29, 0.717) is 0 Å². The second kappa shape index (κ2) is 5.34. The molecule has 0 bridgehead atoms. The minimum absolute atomic E-state index is 0.819. The average molecular weight is 350 g/mol. The van der Waals surface area contributed by atoms with Gasteiger partial charge in [-0.25, -0.2) is 4.98 Å². The maximum atomic E-state index is 4.57. The van der Waals surface area contributed by atoms with Crippen LogP contribution in [0, 0.1) is 0 Å². The molecule has 3 aromatic heterocycles. The van der Waals surface area contributed by atoms with Crippen LogP contribution in [0.1, 0.15) is 11.3 Å². The SMILES string of the molecule is CN(C)/N=C(/c1cccnc1)c1ncn2cc(Br)sc12. The van der Waals surface area contributed by atoms with Gasteiger partial charge in [-0.1, -0.05) is 0 Å². The molecule has 0 atom stereocenters. The van der Waals surface area contributed by atoms with Crippen LogP contribution >= 0.6 is 27.3 Å². The zero-order chi connectivity index (χ0) is 14.1. The van der Waals surface area contributed by atoms with Crippen molar-refractivity contribution in [3.05, 3.63) is 52.1 Å². The minimum atomic E-state index is 0.819. The van der Waals surface area contributed by atoms with E-state index in [1.807, 2.05) is 36.8 Å². The summed E-state index contributed by atoms with van der Waals surface area (Å²) in [5, 5.41) is 6.35. The molecule has 0 fully saturated rings. The van der Waals surface area contributed by atoms with Crippen LogP contribution in [0.2, 0.25) is 0 Å². The molecule has 0 saturated heterocycles. The molecule has 20 heavy (non-hydrogen) atoms. The minimum Gasteiger partial charge on any atom is -0.302 e. The van der Waals surface area contributed by atoms with Gasteiger partial charge in [0.25, 0.3) is 0 Å². The monoisotopic (exact) mass is 349 g/mol. The van der Waals surface area contributed by atoms with Crippen molar-refractivity contribution in [1.82, 2.24) is 19.4 Å². The molecule has 0 N–H and O–H groups in total. The molecule has 0 aliphatic heterocycles. The summed E-state index contributed by atoms with van der Waals surface area (Å²) in [5.41, 5.74) is 2.63. The number of pyridine rings is 1. The largest absolute Gasteiger partial charge is 0.302 e. The van der Waals surface area contributed by atoms with Gasteiger partial charge in [-0.2, -0.15) is 5.10 Å². The number of aromatic nitrogens is 3. The van der Waals surface area contributed by atoms with Gasteiger partial charge in [0.05, 0.1) is 3.79 Å². The molecular formula is C13H12BrN5S. The van der Waals surface area contributed by atoms with E-state index in [1.165, 1.54) is 0 Å². The Morgan fingerprint density at radius 1 is 1.45 bits per heavy atom. The van der Waals surface area contributed by atoms with E-state index < -0.39 is 0 Å². The van der Waals surface area contributed by atoms with Crippen molar-refractivity contribution >= 4 is 37.8 Å². The number of fused-ring (bicyclic) bond motifs is 1. The van der Waals surface area contributed by atoms with E-state index in [1.54, 1.807) is 35.1 Å². The first-order valence-electron chi connectivity index (χ1n) is 5.94. The van der Waals surface area contributed by atoms with Crippen LogP contribution in [0.3, 0.4) is 0 Å². The molecule has 0 aromatic carbocycles. The van der Waals surface area contributed by atoms with Crippen molar-refractivity contribution in [3.8, 4) is 0 Å². The second-order valence-corrected chi connectivity index (χ2v) is 6.79. The van der Waals surface area contributed by atoms with Crippen LogP contribution in [-0.4, -0.2) is 39.2 Å². The van der Waals surface area contributed by atoms with Crippen LogP contribution in [-0.2, 0) is 0 Å². The highest BCUT2D eigenvalue weighted by Gasteiger charge is 2.16. The number of thiazole rings is 1. The quantitative estimate of drug-likeness (QED) is 0.539. The number of nitrogens with zero attached hydrogens (tertiary/aromatic N) is 5. The van der Waals surface area contributed by atoms with Crippen molar-refractivity contribution in [1.29, 1.82) is 0 Å². The van der Waals surface area contributed by atoms with Crippen molar-refractivity contribution < 1.29 is 0 Å². The molecule has 0 aliphatic rings. The summed E-state index contributed by atoms with van der Waals surface area (Å²) >= 11 is 5.13. The Labute approximate surface area is 128 Å². The van der Waals surface area contributed by atoms with Crippen molar-refractivity contribution in [2.45, 2.75) is 0 Å². The highest BCUT2D eigenvalue weighted by Crippen LogP contribution is 2.27. The highest BCUT2D eigenvalue weighted by molar-refractivity contribution is 9.11. The predicted molar refractivity (Wildman–Crippen MR) is 84.3 cm³/mol. The van der Waals surface area contributed by atoms with Gasteiger partial charge in [0.1, 0.15) is 22.6 Å². The number of hydrogen-bond donors (Lipinski definition) is 0. The van der Waals surface area contributed by atoms with E-state index >= 15 is 0 Å². The predicted octanol–water partition coefficient (Wildman–Crippen LogP) is 2.87. The fourth-order valence-electron chi connectivity index (χ4n) is 1.88. The van der Waals surface area contributed by atoms with Crippen LogP contribution < -0.4 is 0 Å². The first-order chi connectivity index (χ1) is 9.65. The topological polar surface area (TPSA) is 45.8 Å². The molecule has 0 amide bonds. The third-order valence-electron chi connectivity index (χ3n) is 2.64. The highest BCUT2D eigenvalue weighted by atomic mass is 79.9. The summed E-state index contributed by atoms with van der Waals surface area (Å²) in [6.45, 7) is 0. The summed E-state index contributed by atoms with van der Waals surface area (Å²) in [5.74, 6) is 0. The normalized spacial score (nSPS) is 12.1. The van der Waals surface area contributed by atoms with Gasteiger partial charge >= 0.3 is 0 Å². The molecule has 0 spiro atoms. The number of imidazole rings is 1. The third kappa shape index (κ3) is 2.46. The molecule has 0 aliphatic carbocycles. The Kier molecular flexibility index (Phi) is 3.54. The van der Waals surface area contributed by atoms with Gasteiger partial charge in [0.15, 0.2) is 0 Å². The molecule has 102 valence electrons. The fraction of sp³-hybridized carbons (Fsp3) is 0.154. The zero-order valence-corrected chi connectivity index (χ0v) is 13.4. The van der Waals surface area contributed by atoms with E-state index in [9.17, 15) is 0 Å². The number of hydrogen-bond acceptors (Lipinski definition) is 5. The van der Waals surface area contributed by atoms with Crippen molar-refractivity contribution in [2.24, 2.45) is 5.10 Å². The number of halogens is 1. The van der Waals surface area contributed by atoms with Crippen LogP contribution in [0.25, 0.3) is 4.83 Å². The zero-order valence-electron chi connectivity index (χ0n) is 11.0. The van der Waals surface area contributed by atoms with Gasteiger partial charge in [-0.05, 0) is 28.1 Å². The molecule has 7 heteroatoms. The van der Waals surface area contributed by atoms with E-state index in [-0.39, 0.29) is 0 Å². The maximum Gasteiger partial charge on any atom is 0.130 e. The van der Waals surface area contributed by atoms with Gasteiger partial charge in [0.2, 0.25) is 0 Å². The summed E-state index contributed by atoms with van der Waals surface area (Å²) in [6, 6.07) is 3.89. The van der Waals surface area contributed by atoms with Gasteiger partial charge in [-0.15, -0.1) is 11.3 Å². The van der Waals surface area contributed by atoms with E-state index in [0.717, 1.165) is 25.6 Å². The Morgan fingerprint density at radius 3 is 3.00 bits per heavy atom. The maximum absolute atomic E-state index is 4.57. The molecule has 0 radical (unpaired) electrons. The molecule has 3 rings (SSSR count). The lowest BCUT2D eigenvalue weighted by molar-refractivity contribution is 0.438. The van der Waals surface area contributed by atoms with Crippen LogP contribution in [0.15, 0.2) is 45.9 Å². The lowest BCUT2D eigenvalue weighted by Crippen LogP contribution is -2.12. The van der Waals surface area contributed by atoms with E-state index in [2.05, 4.69) is 31.0 Å². The van der Waals surface area contributed by atoms with Gasteiger partial charge in [-0.3, -0.25) is 9.38 Å². The molecule has 0 saturated carbocycles. The molecular weight excluding hydrogens is 338 g/mol. The molecule has 5 nitrogen and oxygen atoms in total. The van der Waals surface area contributed by atoms with Gasteiger partial charge in [0, 0.05) is 38.2 Å². The van der Waals surface area contributed by atoms with Crippen LogP contribution in [0.5, 0.6) is 0 Å². The Hall–Kier alpha value is -1.73. The summed E-state index contributed by atoms with van der Waals surface area (Å²) in [7, 11) is 3.79. The van der Waals surface area contributed by atoms with Crippen molar-refractivity contribution in [2.75, 3.05) is 14.1 Å². The molecule has 3 heterocycles. The number of rotatable bonds is 3. The smallest absolute Gasteiger partial charge is 0.130 e. The van der Waals surface area contributed by atoms with Crippen LogP contribution in [0.4, 0.5) is 0 Å². The standard InChI is InChI=1S/C13H12BrN5S/c1-18(2)17-11(9-4-3-5-15-6-9)12-13-19(8-16-12)7-10(14)20-13/h3-8H,1-2H3/b17-11-. The third-order valence-corrected chi connectivity index (χ3v) is 4.23. The fourth-order valence-corrected chi connectivity index (χ4v) is 3.36.